The molecular formula is C27H35N3O3S. The van der Waals surface area contributed by atoms with Crippen molar-refractivity contribution in [1.82, 2.24) is 14.9 Å². The summed E-state index contributed by atoms with van der Waals surface area (Å²) in [6.45, 7) is 5.03. The minimum absolute atomic E-state index is 0.0762. The Morgan fingerprint density at radius 2 is 2.00 bits per heavy atom. The molecule has 1 fully saturated rings. The van der Waals surface area contributed by atoms with Crippen LogP contribution in [-0.2, 0) is 17.8 Å². The van der Waals surface area contributed by atoms with Crippen molar-refractivity contribution in [3.05, 3.63) is 52.0 Å². The first-order valence-corrected chi connectivity index (χ1v) is 13.3. The van der Waals surface area contributed by atoms with Crippen LogP contribution in [0.25, 0.3) is 11.0 Å². The second kappa shape index (κ2) is 11.2. The molecule has 34 heavy (non-hydrogen) atoms. The first kappa shape index (κ1) is 24.5. The summed E-state index contributed by atoms with van der Waals surface area (Å²) >= 11 is 1.74. The molecule has 7 heteroatoms. The molecule has 1 atom stereocenters. The van der Waals surface area contributed by atoms with E-state index in [-0.39, 0.29) is 18.4 Å². The Bertz CT molecular complexity index is 1110. The summed E-state index contributed by atoms with van der Waals surface area (Å²) in [6.07, 6.45) is 7.80. The Hall–Kier alpha value is -2.67. The molecule has 1 amide bonds. The van der Waals surface area contributed by atoms with Gasteiger partial charge in [-0.05, 0) is 60.7 Å². The van der Waals surface area contributed by atoms with E-state index in [1.54, 1.807) is 11.3 Å². The Kier molecular flexibility index (Phi) is 8.03. The van der Waals surface area contributed by atoms with Gasteiger partial charge in [0.25, 0.3) is 5.91 Å². The van der Waals surface area contributed by atoms with Gasteiger partial charge in [0.05, 0.1) is 17.5 Å². The lowest BCUT2D eigenvalue weighted by atomic mass is 9.89. The number of amides is 1. The largest absolute Gasteiger partial charge is 0.481 e. The maximum atomic E-state index is 13.0. The van der Waals surface area contributed by atoms with E-state index in [2.05, 4.69) is 27.4 Å². The van der Waals surface area contributed by atoms with Gasteiger partial charge in [-0.2, -0.15) is 0 Å². The number of thiophene rings is 1. The van der Waals surface area contributed by atoms with Crippen LogP contribution in [0.3, 0.4) is 0 Å². The van der Waals surface area contributed by atoms with E-state index in [4.69, 9.17) is 4.98 Å². The van der Waals surface area contributed by atoms with E-state index in [9.17, 15) is 14.7 Å². The summed E-state index contributed by atoms with van der Waals surface area (Å²) in [7, 11) is 0. The zero-order valence-electron chi connectivity index (χ0n) is 20.1. The number of carbonyl (C=O) groups is 2. The minimum Gasteiger partial charge on any atom is -0.481 e. The first-order valence-electron chi connectivity index (χ1n) is 12.4. The molecule has 2 heterocycles. The van der Waals surface area contributed by atoms with Gasteiger partial charge in [0, 0.05) is 29.4 Å². The molecule has 0 bridgehead atoms. The number of hydrogen-bond acceptors (Lipinski definition) is 4. The third-order valence-electron chi connectivity index (χ3n) is 6.68. The smallest absolute Gasteiger partial charge is 0.305 e. The molecule has 2 N–H and O–H groups in total. The van der Waals surface area contributed by atoms with Crippen molar-refractivity contribution < 1.29 is 14.7 Å². The molecule has 0 spiro atoms. The molecule has 4 rings (SSSR count). The number of carboxylic acids is 1. The van der Waals surface area contributed by atoms with Crippen LogP contribution in [0.4, 0.5) is 0 Å². The average Bonchev–Trinajstić information content (AvgIpc) is 3.41. The van der Waals surface area contributed by atoms with Crippen molar-refractivity contribution in [3.8, 4) is 0 Å². The number of aromatic nitrogens is 2. The summed E-state index contributed by atoms with van der Waals surface area (Å²) in [5, 5.41) is 14.3. The standard InChI is InChI=1S/C27H35N3O3S/c1-18(2)13-21(15-26(31)32)28-27(33)20-10-11-24-23(14-20)29-25(16-22-9-6-12-34-22)30(24)17-19-7-4-3-5-8-19/h6,9-12,14,18-19,21H,3-5,7-8,13,15-17H2,1-2H3,(H,28,33)(H,31,32). The number of fused-ring (bicyclic) bond motifs is 1. The predicted octanol–water partition coefficient (Wildman–Crippen LogP) is 5.89. The zero-order chi connectivity index (χ0) is 24.1. The number of rotatable bonds is 10. The highest BCUT2D eigenvalue weighted by molar-refractivity contribution is 7.09. The predicted molar refractivity (Wildman–Crippen MR) is 136 cm³/mol. The molecule has 0 radical (unpaired) electrons. The Balaban J connectivity index is 1.60. The number of imidazole rings is 1. The van der Waals surface area contributed by atoms with E-state index in [0.717, 1.165) is 29.8 Å². The highest BCUT2D eigenvalue weighted by Crippen LogP contribution is 2.29. The van der Waals surface area contributed by atoms with Gasteiger partial charge in [0.1, 0.15) is 5.82 Å². The lowest BCUT2D eigenvalue weighted by molar-refractivity contribution is -0.137. The second-order valence-electron chi connectivity index (χ2n) is 10.0. The third-order valence-corrected chi connectivity index (χ3v) is 7.56. The summed E-state index contributed by atoms with van der Waals surface area (Å²) in [5.41, 5.74) is 2.42. The number of carbonyl (C=O) groups excluding carboxylic acids is 1. The highest BCUT2D eigenvalue weighted by atomic mass is 32.1. The van der Waals surface area contributed by atoms with Gasteiger partial charge in [-0.15, -0.1) is 11.3 Å². The van der Waals surface area contributed by atoms with E-state index >= 15 is 0 Å². The summed E-state index contributed by atoms with van der Waals surface area (Å²) < 4.78 is 2.36. The quantitative estimate of drug-likeness (QED) is 0.378. The van der Waals surface area contributed by atoms with Crippen LogP contribution in [0.1, 0.15) is 79.9 Å². The highest BCUT2D eigenvalue weighted by Gasteiger charge is 2.21. The SMILES string of the molecule is CC(C)CC(CC(=O)O)NC(=O)c1ccc2c(c1)nc(Cc1cccs1)n2CC1CCCCC1. The van der Waals surface area contributed by atoms with Gasteiger partial charge in [-0.25, -0.2) is 4.98 Å². The van der Waals surface area contributed by atoms with Crippen LogP contribution < -0.4 is 5.32 Å². The van der Waals surface area contributed by atoms with Crippen molar-refractivity contribution >= 4 is 34.2 Å². The summed E-state index contributed by atoms with van der Waals surface area (Å²) in [4.78, 5) is 30.5. The van der Waals surface area contributed by atoms with Gasteiger partial charge in [0.15, 0.2) is 0 Å². The third kappa shape index (κ3) is 6.26. The van der Waals surface area contributed by atoms with Crippen molar-refractivity contribution in [1.29, 1.82) is 0 Å². The number of aliphatic carboxylic acids is 1. The summed E-state index contributed by atoms with van der Waals surface area (Å²) in [6, 6.07) is 9.53. The summed E-state index contributed by atoms with van der Waals surface area (Å²) in [5.74, 6) is 0.868. The number of nitrogens with zero attached hydrogens (tertiary/aromatic N) is 2. The van der Waals surface area contributed by atoms with E-state index in [1.165, 1.54) is 37.0 Å². The van der Waals surface area contributed by atoms with Crippen LogP contribution >= 0.6 is 11.3 Å². The van der Waals surface area contributed by atoms with Crippen LogP contribution in [0.15, 0.2) is 35.7 Å². The van der Waals surface area contributed by atoms with Gasteiger partial charge >= 0.3 is 5.97 Å². The fraction of sp³-hybridized carbons (Fsp3) is 0.519. The Morgan fingerprint density at radius 3 is 2.68 bits per heavy atom. The fourth-order valence-corrected chi connectivity index (χ4v) is 5.80. The molecule has 182 valence electrons. The van der Waals surface area contributed by atoms with E-state index in [0.29, 0.717) is 23.8 Å². The van der Waals surface area contributed by atoms with Gasteiger partial charge in [-0.1, -0.05) is 39.2 Å². The van der Waals surface area contributed by atoms with Gasteiger partial charge < -0.3 is 15.0 Å². The van der Waals surface area contributed by atoms with E-state index < -0.39 is 5.97 Å². The topological polar surface area (TPSA) is 84.2 Å². The van der Waals surface area contributed by atoms with Crippen molar-refractivity contribution in [2.24, 2.45) is 11.8 Å². The van der Waals surface area contributed by atoms with Crippen LogP contribution in [-0.4, -0.2) is 32.6 Å². The Labute approximate surface area is 205 Å². The number of nitrogens with one attached hydrogen (secondary N) is 1. The Morgan fingerprint density at radius 1 is 1.21 bits per heavy atom. The normalized spacial score (nSPS) is 15.6. The molecule has 1 aliphatic carbocycles. The van der Waals surface area contributed by atoms with Gasteiger partial charge in [0.2, 0.25) is 0 Å². The average molecular weight is 482 g/mol. The molecule has 1 unspecified atom stereocenters. The maximum Gasteiger partial charge on any atom is 0.305 e. The van der Waals surface area contributed by atoms with Crippen molar-refractivity contribution in [3.63, 3.8) is 0 Å². The molecule has 3 aromatic rings. The molecule has 1 aliphatic rings. The van der Waals surface area contributed by atoms with Crippen molar-refractivity contribution in [2.75, 3.05) is 0 Å². The molecule has 1 aromatic carbocycles. The molecule has 0 aliphatic heterocycles. The fourth-order valence-electron chi connectivity index (χ4n) is 5.10. The minimum atomic E-state index is -0.902. The number of hydrogen-bond donors (Lipinski definition) is 2. The lowest BCUT2D eigenvalue weighted by Gasteiger charge is -2.23. The monoisotopic (exact) mass is 481 g/mol. The molecule has 1 saturated carbocycles. The first-order chi connectivity index (χ1) is 16.4. The van der Waals surface area contributed by atoms with Crippen LogP contribution in [0, 0.1) is 11.8 Å². The number of benzene rings is 1. The maximum absolute atomic E-state index is 13.0. The van der Waals surface area contributed by atoms with Crippen LogP contribution in [0.2, 0.25) is 0 Å². The van der Waals surface area contributed by atoms with E-state index in [1.807, 2.05) is 32.0 Å². The van der Waals surface area contributed by atoms with Gasteiger partial charge in [-0.3, -0.25) is 9.59 Å². The molecular weight excluding hydrogens is 446 g/mol. The molecule has 6 nitrogen and oxygen atoms in total. The lowest BCUT2D eigenvalue weighted by Crippen LogP contribution is -2.37. The van der Waals surface area contributed by atoms with Crippen LogP contribution in [0.5, 0.6) is 0 Å². The van der Waals surface area contributed by atoms with Crippen molar-refractivity contribution in [2.45, 2.75) is 77.8 Å². The second-order valence-corrected chi connectivity index (χ2v) is 11.0. The number of carboxylic acid groups (broad SMARTS) is 1. The molecule has 2 aromatic heterocycles. The zero-order valence-corrected chi connectivity index (χ0v) is 20.9. The molecule has 0 saturated heterocycles.